The number of ether oxygens (including phenoxy) is 2. The molecule has 0 aromatic heterocycles. The average molecular weight is 249 g/mol. The first kappa shape index (κ1) is 13.1. The molecule has 1 aromatic carbocycles. The van der Waals surface area contributed by atoms with Crippen molar-refractivity contribution in [1.29, 1.82) is 0 Å². The van der Waals surface area contributed by atoms with Gasteiger partial charge in [-0.1, -0.05) is 0 Å². The van der Waals surface area contributed by atoms with Crippen molar-refractivity contribution in [1.82, 2.24) is 0 Å². The van der Waals surface area contributed by atoms with Crippen molar-refractivity contribution in [3.05, 3.63) is 29.8 Å². The van der Waals surface area contributed by atoms with E-state index >= 15 is 0 Å². The molecule has 0 heterocycles. The van der Waals surface area contributed by atoms with Gasteiger partial charge in [-0.05, 0) is 24.3 Å². The molecule has 0 aliphatic heterocycles. The first-order chi connectivity index (χ1) is 7.89. The van der Waals surface area contributed by atoms with Crippen LogP contribution in [0.5, 0.6) is 5.75 Å². The maximum atomic E-state index is 12.2. The van der Waals surface area contributed by atoms with Crippen LogP contribution < -0.4 is 10.5 Å². The summed E-state index contributed by atoms with van der Waals surface area (Å²) in [7, 11) is 0. The zero-order valence-electron chi connectivity index (χ0n) is 8.66. The van der Waals surface area contributed by atoms with Crippen LogP contribution in [0.3, 0.4) is 0 Å². The average Bonchev–Trinajstić information content (AvgIpc) is 2.23. The normalized spacial score (nSPS) is 11.0. The quantitative estimate of drug-likeness (QED) is 0.832. The van der Waals surface area contributed by atoms with Crippen LogP contribution in [-0.2, 0) is 10.9 Å². The van der Waals surface area contributed by atoms with Gasteiger partial charge in [-0.3, -0.25) is 0 Å². The van der Waals surface area contributed by atoms with Gasteiger partial charge in [-0.25, -0.2) is 4.79 Å². The molecular weight excluding hydrogens is 239 g/mol. The summed E-state index contributed by atoms with van der Waals surface area (Å²) in [6, 6.07) is 4.19. The lowest BCUT2D eigenvalue weighted by atomic mass is 10.2. The standard InChI is InChI=1S/C10H10F3NO3/c11-10(12,13)7-1-3-8(4-2-7)16-5-6-17-9(14)15/h1-4H,5-6H2,(H2,14,15). The number of amides is 1. The van der Waals surface area contributed by atoms with E-state index in [4.69, 9.17) is 10.5 Å². The third-order valence-electron chi connectivity index (χ3n) is 1.78. The Morgan fingerprint density at radius 3 is 2.24 bits per heavy atom. The van der Waals surface area contributed by atoms with Crippen LogP contribution in [0.2, 0.25) is 0 Å². The Bertz CT molecular complexity index is 375. The molecule has 17 heavy (non-hydrogen) atoms. The van der Waals surface area contributed by atoms with Gasteiger partial charge in [0.2, 0.25) is 0 Å². The minimum Gasteiger partial charge on any atom is -0.490 e. The number of nitrogens with two attached hydrogens (primary N) is 1. The van der Waals surface area contributed by atoms with Gasteiger partial charge in [0.25, 0.3) is 0 Å². The Morgan fingerprint density at radius 1 is 1.18 bits per heavy atom. The van der Waals surface area contributed by atoms with E-state index in [9.17, 15) is 18.0 Å². The van der Waals surface area contributed by atoms with Gasteiger partial charge in [-0.2, -0.15) is 13.2 Å². The molecule has 0 unspecified atom stereocenters. The highest BCUT2D eigenvalue weighted by molar-refractivity contribution is 5.64. The highest BCUT2D eigenvalue weighted by atomic mass is 19.4. The predicted molar refractivity (Wildman–Crippen MR) is 52.5 cm³/mol. The van der Waals surface area contributed by atoms with Crippen molar-refractivity contribution < 1.29 is 27.4 Å². The lowest BCUT2D eigenvalue weighted by molar-refractivity contribution is -0.137. The van der Waals surface area contributed by atoms with Gasteiger partial charge >= 0.3 is 12.3 Å². The van der Waals surface area contributed by atoms with E-state index in [1.54, 1.807) is 0 Å². The Kier molecular flexibility index (Phi) is 4.19. The molecule has 0 spiro atoms. The van der Waals surface area contributed by atoms with Gasteiger partial charge in [-0.15, -0.1) is 0 Å². The maximum absolute atomic E-state index is 12.2. The van der Waals surface area contributed by atoms with Crippen molar-refractivity contribution in [3.63, 3.8) is 0 Å². The molecule has 1 amide bonds. The maximum Gasteiger partial charge on any atom is 0.416 e. The molecule has 4 nitrogen and oxygen atoms in total. The number of benzene rings is 1. The van der Waals surface area contributed by atoms with Crippen LogP contribution in [0.1, 0.15) is 5.56 Å². The minimum absolute atomic E-state index is 0.0221. The van der Waals surface area contributed by atoms with Gasteiger partial charge in [0.1, 0.15) is 19.0 Å². The topological polar surface area (TPSA) is 61.6 Å². The number of carbonyl (C=O) groups excluding carboxylic acids is 1. The van der Waals surface area contributed by atoms with Crippen LogP contribution >= 0.6 is 0 Å². The van der Waals surface area contributed by atoms with E-state index in [1.807, 2.05) is 0 Å². The molecule has 2 N–H and O–H groups in total. The Labute approximate surface area is 95.1 Å². The molecule has 0 aliphatic rings. The van der Waals surface area contributed by atoms with Gasteiger partial charge in [0.05, 0.1) is 5.56 Å². The van der Waals surface area contributed by atoms with E-state index in [1.165, 1.54) is 12.1 Å². The molecule has 1 aromatic rings. The summed E-state index contributed by atoms with van der Waals surface area (Å²) in [5.74, 6) is 0.256. The summed E-state index contributed by atoms with van der Waals surface area (Å²) in [5, 5.41) is 0. The SMILES string of the molecule is NC(=O)OCCOc1ccc(C(F)(F)F)cc1. The molecule has 0 saturated carbocycles. The number of hydrogen-bond acceptors (Lipinski definition) is 3. The van der Waals surface area contributed by atoms with Crippen LogP contribution in [0.25, 0.3) is 0 Å². The van der Waals surface area contributed by atoms with Crippen molar-refractivity contribution in [3.8, 4) is 5.75 Å². The number of rotatable bonds is 4. The number of carbonyl (C=O) groups is 1. The molecule has 1 rings (SSSR count). The van der Waals surface area contributed by atoms with E-state index in [0.29, 0.717) is 0 Å². The van der Waals surface area contributed by atoms with Crippen LogP contribution in [0.4, 0.5) is 18.0 Å². The molecule has 0 saturated heterocycles. The highest BCUT2D eigenvalue weighted by Crippen LogP contribution is 2.30. The van der Waals surface area contributed by atoms with E-state index in [0.717, 1.165) is 12.1 Å². The summed E-state index contributed by atoms with van der Waals surface area (Å²) in [6.07, 6.45) is -5.30. The van der Waals surface area contributed by atoms with E-state index in [2.05, 4.69) is 4.74 Å². The molecular formula is C10H10F3NO3. The summed E-state index contributed by atoms with van der Waals surface area (Å²) < 4.78 is 46.0. The second kappa shape index (κ2) is 5.42. The molecule has 0 fully saturated rings. The first-order valence-electron chi connectivity index (χ1n) is 4.62. The van der Waals surface area contributed by atoms with Crippen molar-refractivity contribution >= 4 is 6.09 Å². The van der Waals surface area contributed by atoms with Gasteiger partial charge in [0, 0.05) is 0 Å². The Balaban J connectivity index is 2.43. The third-order valence-corrected chi connectivity index (χ3v) is 1.78. The molecule has 0 atom stereocenters. The highest BCUT2D eigenvalue weighted by Gasteiger charge is 2.29. The summed E-state index contributed by atoms with van der Waals surface area (Å²) >= 11 is 0. The minimum atomic E-state index is -4.37. The van der Waals surface area contributed by atoms with Gasteiger partial charge < -0.3 is 15.2 Å². The smallest absolute Gasteiger partial charge is 0.416 e. The fourth-order valence-electron chi connectivity index (χ4n) is 1.04. The summed E-state index contributed by atoms with van der Waals surface area (Å²) in [6.45, 7) is -0.0370. The van der Waals surface area contributed by atoms with Crippen LogP contribution in [0.15, 0.2) is 24.3 Å². The largest absolute Gasteiger partial charge is 0.490 e. The van der Waals surface area contributed by atoms with Crippen LogP contribution in [0, 0.1) is 0 Å². The molecule has 0 bridgehead atoms. The zero-order valence-corrected chi connectivity index (χ0v) is 8.66. The van der Waals surface area contributed by atoms with E-state index in [-0.39, 0.29) is 19.0 Å². The Hall–Kier alpha value is -1.92. The second-order valence-electron chi connectivity index (χ2n) is 3.04. The number of primary amides is 1. The summed E-state index contributed by atoms with van der Waals surface area (Å²) in [5.41, 5.74) is 3.95. The lowest BCUT2D eigenvalue weighted by Gasteiger charge is -2.09. The van der Waals surface area contributed by atoms with Crippen molar-refractivity contribution in [2.75, 3.05) is 13.2 Å². The molecule has 0 aliphatic carbocycles. The second-order valence-corrected chi connectivity index (χ2v) is 3.04. The first-order valence-corrected chi connectivity index (χ1v) is 4.62. The monoisotopic (exact) mass is 249 g/mol. The fourth-order valence-corrected chi connectivity index (χ4v) is 1.04. The molecule has 0 radical (unpaired) electrons. The molecule has 94 valence electrons. The predicted octanol–water partition coefficient (Wildman–Crippen LogP) is 2.18. The van der Waals surface area contributed by atoms with Crippen molar-refractivity contribution in [2.24, 2.45) is 5.73 Å². The van der Waals surface area contributed by atoms with Crippen LogP contribution in [-0.4, -0.2) is 19.3 Å². The fraction of sp³-hybridized carbons (Fsp3) is 0.300. The number of halogens is 3. The summed E-state index contributed by atoms with van der Waals surface area (Å²) in [4.78, 5) is 10.2. The van der Waals surface area contributed by atoms with E-state index < -0.39 is 17.8 Å². The molecule has 7 heteroatoms. The Morgan fingerprint density at radius 2 is 1.76 bits per heavy atom. The third kappa shape index (κ3) is 4.62. The van der Waals surface area contributed by atoms with Gasteiger partial charge in [0.15, 0.2) is 0 Å². The number of hydrogen-bond donors (Lipinski definition) is 1. The van der Waals surface area contributed by atoms with Crippen molar-refractivity contribution in [2.45, 2.75) is 6.18 Å². The number of alkyl halides is 3. The zero-order chi connectivity index (χ0) is 12.9. The lowest BCUT2D eigenvalue weighted by Crippen LogP contribution is -2.17.